The molecular weight excluding hydrogens is 238 g/mol. The Bertz CT molecular complexity index is 627. The van der Waals surface area contributed by atoms with E-state index in [-0.39, 0.29) is 10.3 Å². The van der Waals surface area contributed by atoms with Crippen molar-refractivity contribution in [2.24, 2.45) is 0 Å². The Balaban J connectivity index is 2.72. The van der Waals surface area contributed by atoms with Gasteiger partial charge in [-0.25, -0.2) is 13.0 Å². The number of nitrogens with zero attached hydrogens (tertiary/aromatic N) is 1. The highest BCUT2D eigenvalue weighted by atomic mass is 32.2. The van der Waals surface area contributed by atoms with Crippen molar-refractivity contribution in [2.75, 3.05) is 7.05 Å². The smallest absolute Gasteiger partial charge is 0.209 e. The minimum Gasteiger partial charge on any atom is -0.744 e. The molecule has 0 saturated carbocycles. The average Bonchev–Trinajstić information content (AvgIpc) is 2.39. The van der Waals surface area contributed by atoms with Crippen molar-refractivity contribution >= 4 is 21.5 Å². The monoisotopic (exact) mass is 253 g/mol. The van der Waals surface area contributed by atoms with Gasteiger partial charge in [-0.2, -0.15) is 0 Å². The Kier molecular flexibility index (Phi) is 2.45. The third-order valence-electron chi connectivity index (χ3n) is 3.70. The first-order valence-electron chi connectivity index (χ1n) is 5.34. The molecule has 0 unspecified atom stereocenters. The molecule has 0 radical (unpaired) electrons. The van der Waals surface area contributed by atoms with E-state index in [2.05, 4.69) is 0 Å². The SMILES string of the molecule is CC1=[N+](C)c2ccc(S(=O)(=O)[O-])cc2C1(C)C. The molecule has 0 atom stereocenters. The lowest BCUT2D eigenvalue weighted by atomic mass is 9.82. The fraction of sp³-hybridized carbons (Fsp3) is 0.417. The number of fused-ring (bicyclic) bond motifs is 1. The average molecular weight is 253 g/mol. The predicted octanol–water partition coefficient (Wildman–Crippen LogP) is 1.62. The molecule has 92 valence electrons. The lowest BCUT2D eigenvalue weighted by molar-refractivity contribution is -0.403. The normalized spacial score (nSPS) is 18.4. The summed E-state index contributed by atoms with van der Waals surface area (Å²) in [7, 11) is -2.45. The molecule has 17 heavy (non-hydrogen) atoms. The van der Waals surface area contributed by atoms with Gasteiger partial charge >= 0.3 is 0 Å². The molecule has 1 aromatic carbocycles. The molecular formula is C12H15NO3S. The Labute approximate surface area is 101 Å². The fourth-order valence-corrected chi connectivity index (χ4v) is 2.76. The second kappa shape index (κ2) is 3.40. The van der Waals surface area contributed by atoms with Crippen molar-refractivity contribution in [3.8, 4) is 0 Å². The molecule has 0 spiro atoms. The van der Waals surface area contributed by atoms with E-state index >= 15 is 0 Å². The molecule has 0 aromatic heterocycles. The summed E-state index contributed by atoms with van der Waals surface area (Å²) in [5.74, 6) is 0. The third-order valence-corrected chi connectivity index (χ3v) is 4.53. The molecule has 4 nitrogen and oxygen atoms in total. The first-order chi connectivity index (χ1) is 7.65. The van der Waals surface area contributed by atoms with Crippen LogP contribution >= 0.6 is 0 Å². The summed E-state index contributed by atoms with van der Waals surface area (Å²) in [6.45, 7) is 6.04. The van der Waals surface area contributed by atoms with Crippen molar-refractivity contribution in [1.29, 1.82) is 0 Å². The van der Waals surface area contributed by atoms with Crippen molar-refractivity contribution in [1.82, 2.24) is 0 Å². The Morgan fingerprint density at radius 2 is 1.88 bits per heavy atom. The van der Waals surface area contributed by atoms with E-state index in [9.17, 15) is 13.0 Å². The van der Waals surface area contributed by atoms with Gasteiger partial charge in [-0.15, -0.1) is 0 Å². The van der Waals surface area contributed by atoms with Crippen LogP contribution in [0.25, 0.3) is 0 Å². The van der Waals surface area contributed by atoms with Crippen LogP contribution in [0.4, 0.5) is 5.69 Å². The second-order valence-electron chi connectivity index (χ2n) is 4.90. The van der Waals surface area contributed by atoms with Gasteiger partial charge in [0.15, 0.2) is 5.71 Å². The molecule has 2 rings (SSSR count). The van der Waals surface area contributed by atoms with Gasteiger partial charge in [-0.3, -0.25) is 0 Å². The van der Waals surface area contributed by atoms with Gasteiger partial charge in [-0.1, -0.05) is 0 Å². The molecule has 0 amide bonds. The number of hydrogen-bond acceptors (Lipinski definition) is 3. The van der Waals surface area contributed by atoms with E-state index in [4.69, 9.17) is 0 Å². The van der Waals surface area contributed by atoms with E-state index < -0.39 is 10.1 Å². The van der Waals surface area contributed by atoms with Crippen molar-refractivity contribution < 1.29 is 17.5 Å². The standard InChI is InChI=1S/C12H15NO3S/c1-8-12(2,3)10-7-9(17(14,15)16)5-6-11(10)13(8)4/h5-7H,1-4H3. The van der Waals surface area contributed by atoms with E-state index in [0.29, 0.717) is 0 Å². The Morgan fingerprint density at radius 1 is 1.29 bits per heavy atom. The van der Waals surface area contributed by atoms with Gasteiger partial charge in [0.1, 0.15) is 17.2 Å². The van der Waals surface area contributed by atoms with Gasteiger partial charge in [0.25, 0.3) is 0 Å². The minimum atomic E-state index is -4.39. The molecule has 5 heteroatoms. The molecule has 0 saturated heterocycles. The van der Waals surface area contributed by atoms with E-state index in [1.165, 1.54) is 12.1 Å². The van der Waals surface area contributed by atoms with E-state index in [1.807, 2.05) is 32.4 Å². The number of rotatable bonds is 1. The predicted molar refractivity (Wildman–Crippen MR) is 64.0 cm³/mol. The van der Waals surface area contributed by atoms with Crippen LogP contribution in [-0.4, -0.2) is 30.3 Å². The summed E-state index contributed by atoms with van der Waals surface area (Å²) in [5.41, 5.74) is 2.73. The summed E-state index contributed by atoms with van der Waals surface area (Å²) in [6, 6.07) is 4.55. The molecule has 0 N–H and O–H groups in total. The summed E-state index contributed by atoms with van der Waals surface area (Å²) >= 11 is 0. The lowest BCUT2D eigenvalue weighted by Crippen LogP contribution is -2.25. The molecule has 1 aliphatic rings. The van der Waals surface area contributed by atoms with Gasteiger partial charge in [0, 0.05) is 18.6 Å². The van der Waals surface area contributed by atoms with Crippen LogP contribution in [0.2, 0.25) is 0 Å². The Hall–Kier alpha value is -1.20. The van der Waals surface area contributed by atoms with Gasteiger partial charge < -0.3 is 4.55 Å². The van der Waals surface area contributed by atoms with Gasteiger partial charge in [0.2, 0.25) is 5.69 Å². The van der Waals surface area contributed by atoms with Crippen LogP contribution in [0.5, 0.6) is 0 Å². The van der Waals surface area contributed by atoms with Gasteiger partial charge in [0.05, 0.1) is 10.3 Å². The number of hydrogen-bond donors (Lipinski definition) is 0. The first kappa shape index (κ1) is 12.3. The Morgan fingerprint density at radius 3 is 2.41 bits per heavy atom. The zero-order valence-electron chi connectivity index (χ0n) is 10.3. The van der Waals surface area contributed by atoms with Crippen molar-refractivity contribution in [2.45, 2.75) is 31.1 Å². The highest BCUT2D eigenvalue weighted by molar-refractivity contribution is 7.85. The molecule has 0 bridgehead atoms. The fourth-order valence-electron chi connectivity index (χ4n) is 2.26. The van der Waals surface area contributed by atoms with E-state index in [1.54, 1.807) is 6.07 Å². The summed E-state index contributed by atoms with van der Waals surface area (Å²) in [5, 5.41) is 0. The molecule has 0 aliphatic carbocycles. The summed E-state index contributed by atoms with van der Waals surface area (Å²) < 4.78 is 35.1. The summed E-state index contributed by atoms with van der Waals surface area (Å²) in [4.78, 5) is -0.160. The second-order valence-corrected chi connectivity index (χ2v) is 6.28. The molecule has 1 aromatic rings. The van der Waals surface area contributed by atoms with Crippen LogP contribution < -0.4 is 0 Å². The van der Waals surface area contributed by atoms with Crippen LogP contribution in [0.1, 0.15) is 26.3 Å². The van der Waals surface area contributed by atoms with Crippen LogP contribution in [-0.2, 0) is 15.5 Å². The lowest BCUT2D eigenvalue weighted by Gasteiger charge is -2.16. The zero-order valence-corrected chi connectivity index (χ0v) is 11.1. The first-order valence-corrected chi connectivity index (χ1v) is 6.74. The van der Waals surface area contributed by atoms with Crippen molar-refractivity contribution in [3.63, 3.8) is 0 Å². The highest BCUT2D eigenvalue weighted by Crippen LogP contribution is 2.39. The van der Waals surface area contributed by atoms with Crippen LogP contribution in [0.3, 0.4) is 0 Å². The molecule has 1 aliphatic heterocycles. The van der Waals surface area contributed by atoms with Gasteiger partial charge in [-0.05, 0) is 26.0 Å². The van der Waals surface area contributed by atoms with E-state index in [0.717, 1.165) is 17.0 Å². The highest BCUT2D eigenvalue weighted by Gasteiger charge is 2.41. The molecule has 0 fully saturated rings. The summed E-state index contributed by atoms with van der Waals surface area (Å²) in [6.07, 6.45) is 0. The van der Waals surface area contributed by atoms with Crippen LogP contribution in [0.15, 0.2) is 23.1 Å². The maximum atomic E-state index is 11.0. The topological polar surface area (TPSA) is 60.2 Å². The minimum absolute atomic E-state index is 0.160. The van der Waals surface area contributed by atoms with Crippen molar-refractivity contribution in [3.05, 3.63) is 23.8 Å². The maximum Gasteiger partial charge on any atom is 0.209 e. The third kappa shape index (κ3) is 1.70. The number of benzene rings is 1. The quantitative estimate of drug-likeness (QED) is 0.564. The maximum absolute atomic E-state index is 11.0. The van der Waals surface area contributed by atoms with Crippen LogP contribution in [0, 0.1) is 0 Å². The zero-order chi connectivity index (χ0) is 13.0. The largest absolute Gasteiger partial charge is 0.744 e. The molecule has 1 heterocycles.